The first kappa shape index (κ1) is 24.7. The number of para-hydroxylation sites is 2. The largest absolute Gasteiger partial charge is 0.507 e. The number of fused-ring (bicyclic) bond motifs is 1. The Morgan fingerprint density at radius 1 is 0.743 bits per heavy atom. The molecule has 0 aliphatic rings. The highest BCUT2D eigenvalue weighted by Crippen LogP contribution is 2.42. The number of phenolic OH excluding ortho intramolecular Hbond substituents is 1. The average Bonchev–Trinajstić information content (AvgIpc) is 2.79. The topological polar surface area (TPSA) is 87.1 Å². The Kier molecular flexibility index (Phi) is 6.56. The van der Waals surface area contributed by atoms with Crippen LogP contribution in [0.4, 0.5) is 17.3 Å². The molecule has 4 aromatic rings. The van der Waals surface area contributed by atoms with Crippen LogP contribution in [0.2, 0.25) is 0 Å². The quantitative estimate of drug-likeness (QED) is 0.269. The van der Waals surface area contributed by atoms with Crippen LogP contribution in [0.1, 0.15) is 52.7 Å². The molecular weight excluding hydrogens is 456 g/mol. The predicted octanol–water partition coefficient (Wildman–Crippen LogP) is 6.81. The van der Waals surface area contributed by atoms with Gasteiger partial charge in [-0.1, -0.05) is 71.9 Å². The zero-order valence-electron chi connectivity index (χ0n) is 21.0. The van der Waals surface area contributed by atoms with Crippen LogP contribution in [0.5, 0.6) is 5.75 Å². The van der Waals surface area contributed by atoms with Gasteiger partial charge in [0.05, 0.1) is 15.9 Å². The standard InChI is InChI=1S/C28H32N4O2S/c1-27(2,3)20-16-18(17-21(24(20)33)28(4,5)6)29-25-26(31-23-15-11-10-14-22(23)30-25)32-35(34)19-12-8-7-9-13-19/h7-17,33H,1-6H3,(H,29,30)(H,31,32). The van der Waals surface area contributed by atoms with E-state index in [0.717, 1.165) is 22.3 Å². The molecule has 1 heterocycles. The van der Waals surface area contributed by atoms with E-state index in [1.807, 2.05) is 54.6 Å². The summed E-state index contributed by atoms with van der Waals surface area (Å²) >= 11 is 0. The molecule has 1 unspecified atom stereocenters. The lowest BCUT2D eigenvalue weighted by Gasteiger charge is -2.28. The van der Waals surface area contributed by atoms with Crippen LogP contribution < -0.4 is 10.0 Å². The van der Waals surface area contributed by atoms with Gasteiger partial charge in [-0.2, -0.15) is 0 Å². The number of aromatic hydroxyl groups is 1. The van der Waals surface area contributed by atoms with Gasteiger partial charge in [0, 0.05) is 16.8 Å². The Morgan fingerprint density at radius 3 is 1.74 bits per heavy atom. The number of benzene rings is 3. The van der Waals surface area contributed by atoms with Crippen molar-refractivity contribution in [3.63, 3.8) is 0 Å². The van der Waals surface area contributed by atoms with Gasteiger partial charge in [0.2, 0.25) is 0 Å². The van der Waals surface area contributed by atoms with Crippen molar-refractivity contribution in [2.75, 3.05) is 10.0 Å². The molecule has 7 heteroatoms. The van der Waals surface area contributed by atoms with Crippen molar-refractivity contribution >= 4 is 39.3 Å². The summed E-state index contributed by atoms with van der Waals surface area (Å²) in [6.45, 7) is 12.4. The third-order valence-corrected chi connectivity index (χ3v) is 6.78. The van der Waals surface area contributed by atoms with E-state index >= 15 is 0 Å². The van der Waals surface area contributed by atoms with E-state index in [1.165, 1.54) is 0 Å². The van der Waals surface area contributed by atoms with E-state index in [4.69, 9.17) is 9.97 Å². The molecule has 0 saturated carbocycles. The Morgan fingerprint density at radius 2 is 1.23 bits per heavy atom. The maximum atomic E-state index is 13.0. The summed E-state index contributed by atoms with van der Waals surface area (Å²) in [5.41, 5.74) is 3.32. The summed E-state index contributed by atoms with van der Waals surface area (Å²) in [5.74, 6) is 1.15. The molecule has 3 aromatic carbocycles. The first-order chi connectivity index (χ1) is 16.4. The second-order valence-electron chi connectivity index (χ2n) is 10.6. The van der Waals surface area contributed by atoms with Crippen LogP contribution >= 0.6 is 0 Å². The third-order valence-electron chi connectivity index (χ3n) is 5.71. The van der Waals surface area contributed by atoms with E-state index in [9.17, 15) is 9.32 Å². The van der Waals surface area contributed by atoms with E-state index in [-0.39, 0.29) is 10.8 Å². The summed E-state index contributed by atoms with van der Waals surface area (Å²) < 4.78 is 16.1. The number of nitrogens with zero attached hydrogens (tertiary/aromatic N) is 2. The van der Waals surface area contributed by atoms with E-state index in [2.05, 4.69) is 51.6 Å². The molecular formula is C28H32N4O2S. The van der Waals surface area contributed by atoms with Gasteiger partial charge in [-0.15, -0.1) is 0 Å². The minimum absolute atomic E-state index is 0.271. The molecule has 6 nitrogen and oxygen atoms in total. The molecule has 0 aliphatic carbocycles. The van der Waals surface area contributed by atoms with Crippen molar-refractivity contribution < 1.29 is 9.32 Å². The molecule has 0 aliphatic heterocycles. The van der Waals surface area contributed by atoms with Gasteiger partial charge in [0.1, 0.15) is 5.75 Å². The van der Waals surface area contributed by atoms with Crippen molar-refractivity contribution in [3.05, 3.63) is 77.9 Å². The predicted molar refractivity (Wildman–Crippen MR) is 145 cm³/mol. The van der Waals surface area contributed by atoms with E-state index in [1.54, 1.807) is 12.1 Å². The van der Waals surface area contributed by atoms with Crippen molar-refractivity contribution in [1.82, 2.24) is 9.97 Å². The SMILES string of the molecule is CC(C)(C)c1cc(Nc2nc3ccccc3nc2NS(=O)c2ccccc2)cc(C(C)(C)C)c1O. The Balaban J connectivity index is 1.82. The van der Waals surface area contributed by atoms with Gasteiger partial charge in [-0.3, -0.25) is 4.72 Å². The number of anilines is 3. The lowest BCUT2D eigenvalue weighted by Crippen LogP contribution is -2.18. The van der Waals surface area contributed by atoms with Gasteiger partial charge in [-0.25, -0.2) is 14.2 Å². The number of nitrogens with one attached hydrogen (secondary N) is 2. The monoisotopic (exact) mass is 488 g/mol. The number of hydrogen-bond acceptors (Lipinski definition) is 5. The van der Waals surface area contributed by atoms with Crippen LogP contribution in [-0.4, -0.2) is 19.3 Å². The average molecular weight is 489 g/mol. The lowest BCUT2D eigenvalue weighted by molar-refractivity contribution is 0.423. The zero-order chi connectivity index (χ0) is 25.4. The Labute approximate surface area is 209 Å². The molecule has 1 aromatic heterocycles. The van der Waals surface area contributed by atoms with Gasteiger partial charge >= 0.3 is 0 Å². The van der Waals surface area contributed by atoms with Crippen molar-refractivity contribution in [1.29, 1.82) is 0 Å². The smallest absolute Gasteiger partial charge is 0.182 e. The fraction of sp³-hybridized carbons (Fsp3) is 0.286. The molecule has 1 atom stereocenters. The molecule has 0 radical (unpaired) electrons. The summed E-state index contributed by atoms with van der Waals surface area (Å²) in [5, 5.41) is 14.5. The molecule has 0 fully saturated rings. The second kappa shape index (κ2) is 9.30. The van der Waals surface area contributed by atoms with Crippen LogP contribution in [-0.2, 0) is 21.8 Å². The van der Waals surface area contributed by atoms with E-state index in [0.29, 0.717) is 27.8 Å². The number of aromatic nitrogens is 2. The maximum Gasteiger partial charge on any atom is 0.182 e. The fourth-order valence-electron chi connectivity index (χ4n) is 3.84. The number of rotatable bonds is 5. The number of phenols is 1. The minimum atomic E-state index is -1.52. The summed E-state index contributed by atoms with van der Waals surface area (Å²) in [4.78, 5) is 10.2. The minimum Gasteiger partial charge on any atom is -0.507 e. The lowest BCUT2D eigenvalue weighted by atomic mass is 9.79. The molecule has 182 valence electrons. The fourth-order valence-corrected chi connectivity index (χ4v) is 4.68. The van der Waals surface area contributed by atoms with Crippen molar-refractivity contribution in [2.24, 2.45) is 0 Å². The van der Waals surface area contributed by atoms with Crippen LogP contribution in [0.3, 0.4) is 0 Å². The molecule has 0 bridgehead atoms. The third kappa shape index (κ3) is 5.46. The molecule has 0 saturated heterocycles. The summed E-state index contributed by atoms with van der Waals surface area (Å²) in [6.07, 6.45) is 0. The molecule has 0 spiro atoms. The van der Waals surface area contributed by atoms with Crippen LogP contribution in [0.25, 0.3) is 11.0 Å². The summed E-state index contributed by atoms with van der Waals surface area (Å²) in [7, 11) is -1.52. The highest BCUT2D eigenvalue weighted by atomic mass is 32.2. The molecule has 0 amide bonds. The van der Waals surface area contributed by atoms with Gasteiger partial charge in [0.25, 0.3) is 0 Å². The summed E-state index contributed by atoms with van der Waals surface area (Å²) in [6, 6.07) is 20.6. The zero-order valence-corrected chi connectivity index (χ0v) is 21.8. The van der Waals surface area contributed by atoms with Gasteiger partial charge in [0.15, 0.2) is 22.6 Å². The van der Waals surface area contributed by atoms with Crippen molar-refractivity contribution in [3.8, 4) is 5.75 Å². The normalized spacial score (nSPS) is 13.0. The highest BCUT2D eigenvalue weighted by Gasteiger charge is 2.27. The Hall–Kier alpha value is -3.45. The molecule has 4 rings (SSSR count). The van der Waals surface area contributed by atoms with Crippen LogP contribution in [0.15, 0.2) is 71.6 Å². The van der Waals surface area contributed by atoms with Gasteiger partial charge < -0.3 is 10.4 Å². The molecule has 3 N–H and O–H groups in total. The maximum absolute atomic E-state index is 13.0. The van der Waals surface area contributed by atoms with Crippen molar-refractivity contribution in [2.45, 2.75) is 57.3 Å². The first-order valence-electron chi connectivity index (χ1n) is 11.6. The Bertz CT molecular complexity index is 1350. The first-order valence-corrected chi connectivity index (χ1v) is 12.7. The highest BCUT2D eigenvalue weighted by molar-refractivity contribution is 7.86. The molecule has 35 heavy (non-hydrogen) atoms. The van der Waals surface area contributed by atoms with Crippen LogP contribution in [0, 0.1) is 0 Å². The second-order valence-corrected chi connectivity index (χ2v) is 11.9. The van der Waals surface area contributed by atoms with E-state index < -0.39 is 11.0 Å². The van der Waals surface area contributed by atoms with Gasteiger partial charge in [-0.05, 0) is 47.2 Å². The number of hydrogen-bond donors (Lipinski definition) is 3.